The van der Waals surface area contributed by atoms with Crippen molar-refractivity contribution in [3.63, 3.8) is 0 Å². The van der Waals surface area contributed by atoms with E-state index in [1.54, 1.807) is 24.3 Å². The fourth-order valence-electron chi connectivity index (χ4n) is 4.23. The Balaban J connectivity index is 1.39. The Morgan fingerprint density at radius 1 is 0.967 bits per heavy atom. The second-order valence-corrected chi connectivity index (χ2v) is 8.46. The number of carbonyl (C=O) groups is 2. The van der Waals surface area contributed by atoms with Gasteiger partial charge in [-0.2, -0.15) is 0 Å². The number of rotatable bonds is 8. The summed E-state index contributed by atoms with van der Waals surface area (Å²) in [5, 5.41) is 6.03. The minimum absolute atomic E-state index is 0.111. The van der Waals surface area contributed by atoms with Gasteiger partial charge in [-0.25, -0.2) is 4.39 Å². The Hall–Kier alpha value is -2.73. The molecule has 158 valence electrons. The van der Waals surface area contributed by atoms with Crippen LogP contribution in [-0.4, -0.2) is 30.4 Å². The second-order valence-electron chi connectivity index (χ2n) is 8.46. The normalized spacial score (nSPS) is 17.5. The van der Waals surface area contributed by atoms with Gasteiger partial charge in [-0.05, 0) is 37.1 Å². The van der Waals surface area contributed by atoms with Gasteiger partial charge in [-0.15, -0.1) is 0 Å². The van der Waals surface area contributed by atoms with E-state index in [1.165, 1.54) is 17.0 Å². The zero-order chi connectivity index (χ0) is 20.9. The van der Waals surface area contributed by atoms with Gasteiger partial charge in [0.05, 0.1) is 17.3 Å². The Morgan fingerprint density at radius 3 is 2.37 bits per heavy atom. The van der Waals surface area contributed by atoms with Crippen LogP contribution < -0.4 is 15.5 Å². The van der Waals surface area contributed by atoms with Crippen LogP contribution in [0.25, 0.3) is 0 Å². The van der Waals surface area contributed by atoms with Crippen LogP contribution in [0.4, 0.5) is 10.1 Å². The molecule has 4 rings (SSSR count). The van der Waals surface area contributed by atoms with Crippen molar-refractivity contribution in [2.45, 2.75) is 57.2 Å². The van der Waals surface area contributed by atoms with Crippen molar-refractivity contribution in [1.82, 2.24) is 5.32 Å². The largest absolute Gasteiger partial charge is 0.349 e. The highest BCUT2D eigenvalue weighted by Crippen LogP contribution is 2.20. The van der Waals surface area contributed by atoms with Crippen LogP contribution >= 0.6 is 0 Å². The van der Waals surface area contributed by atoms with Crippen LogP contribution in [0.3, 0.4) is 0 Å². The number of carbonyl (C=O) groups excluding carboxylic acids is 2. The predicted octanol–water partition coefficient (Wildman–Crippen LogP) is 2.68. The summed E-state index contributed by atoms with van der Waals surface area (Å²) in [4.78, 5) is 26.7. The zero-order valence-corrected chi connectivity index (χ0v) is 17.1. The first kappa shape index (κ1) is 20.5. The number of halogens is 1. The summed E-state index contributed by atoms with van der Waals surface area (Å²) < 4.78 is 13.2. The number of benzene rings is 2. The first-order valence-corrected chi connectivity index (χ1v) is 10.9. The number of anilines is 1. The molecule has 2 fully saturated rings. The molecule has 0 aliphatic heterocycles. The summed E-state index contributed by atoms with van der Waals surface area (Å²) >= 11 is 0. The summed E-state index contributed by atoms with van der Waals surface area (Å²) in [7, 11) is 0. The highest BCUT2D eigenvalue weighted by molar-refractivity contribution is 6.04. The molecule has 0 saturated heterocycles. The highest BCUT2D eigenvalue weighted by atomic mass is 19.1. The summed E-state index contributed by atoms with van der Waals surface area (Å²) in [5.41, 5.74) is 2.07. The first-order valence-electron chi connectivity index (χ1n) is 10.9. The van der Waals surface area contributed by atoms with Gasteiger partial charge in [0.2, 0.25) is 0 Å². The van der Waals surface area contributed by atoms with Crippen molar-refractivity contribution in [1.29, 1.82) is 0 Å². The lowest BCUT2D eigenvalue weighted by molar-refractivity contribution is -0.916. The van der Waals surface area contributed by atoms with Crippen molar-refractivity contribution in [2.24, 2.45) is 0 Å². The maximum Gasteiger partial charge on any atom is 0.279 e. The van der Waals surface area contributed by atoms with Crippen LogP contribution in [-0.2, 0) is 11.3 Å². The van der Waals surface area contributed by atoms with Crippen molar-refractivity contribution < 1.29 is 18.9 Å². The third kappa shape index (κ3) is 5.45. The van der Waals surface area contributed by atoms with E-state index in [9.17, 15) is 14.0 Å². The van der Waals surface area contributed by atoms with Crippen LogP contribution in [0.2, 0.25) is 0 Å². The number of quaternary nitrogens is 1. The molecular formula is C24H29FN3O2+. The average Bonchev–Trinajstić information content (AvgIpc) is 3.46. The third-order valence-electron chi connectivity index (χ3n) is 6.02. The van der Waals surface area contributed by atoms with Crippen LogP contribution in [0.5, 0.6) is 0 Å². The molecule has 3 N–H and O–H groups in total. The fourth-order valence-corrected chi connectivity index (χ4v) is 4.23. The molecule has 2 aliphatic carbocycles. The van der Waals surface area contributed by atoms with E-state index < -0.39 is 0 Å². The molecule has 0 aromatic heterocycles. The fraction of sp³-hybridized carbons (Fsp3) is 0.417. The number of nitrogens with one attached hydrogen (secondary N) is 3. The van der Waals surface area contributed by atoms with Gasteiger partial charge in [0.15, 0.2) is 6.54 Å². The van der Waals surface area contributed by atoms with Crippen molar-refractivity contribution in [2.75, 3.05) is 11.9 Å². The summed E-state index contributed by atoms with van der Waals surface area (Å²) in [6.45, 7) is 1.00. The van der Waals surface area contributed by atoms with Gasteiger partial charge < -0.3 is 15.5 Å². The second kappa shape index (κ2) is 9.39. The molecule has 2 aromatic carbocycles. The Labute approximate surface area is 176 Å². The molecule has 5 nitrogen and oxygen atoms in total. The van der Waals surface area contributed by atoms with E-state index in [0.717, 1.165) is 44.1 Å². The first-order chi connectivity index (χ1) is 14.6. The average molecular weight is 411 g/mol. The predicted molar refractivity (Wildman–Crippen MR) is 114 cm³/mol. The molecule has 6 heteroatoms. The van der Waals surface area contributed by atoms with Crippen molar-refractivity contribution >= 4 is 17.5 Å². The minimum atomic E-state index is -0.253. The van der Waals surface area contributed by atoms with E-state index in [0.29, 0.717) is 30.4 Å². The Kier molecular flexibility index (Phi) is 6.43. The number of hydrogen-bond acceptors (Lipinski definition) is 2. The van der Waals surface area contributed by atoms with E-state index in [4.69, 9.17) is 0 Å². The lowest BCUT2D eigenvalue weighted by Gasteiger charge is -2.20. The Bertz CT molecular complexity index is 890. The molecule has 2 saturated carbocycles. The molecule has 1 atom stereocenters. The number of para-hydroxylation sites is 1. The lowest BCUT2D eigenvalue weighted by atomic mass is 10.1. The molecule has 0 radical (unpaired) electrons. The molecule has 1 unspecified atom stereocenters. The van der Waals surface area contributed by atoms with E-state index >= 15 is 0 Å². The smallest absolute Gasteiger partial charge is 0.279 e. The van der Waals surface area contributed by atoms with Crippen LogP contribution in [0, 0.1) is 5.82 Å². The molecule has 0 bridgehead atoms. The van der Waals surface area contributed by atoms with Crippen LogP contribution in [0.1, 0.15) is 54.4 Å². The van der Waals surface area contributed by atoms with Crippen LogP contribution in [0.15, 0.2) is 48.5 Å². The quantitative estimate of drug-likeness (QED) is 0.627. The SMILES string of the molecule is O=C(C[NH+](Cc1ccc(F)cc1)C1CC1)Nc1ccccc1C(=O)NC1CCCC1. The van der Waals surface area contributed by atoms with Gasteiger partial charge in [-0.1, -0.05) is 37.1 Å². The maximum absolute atomic E-state index is 13.2. The number of hydrogen-bond donors (Lipinski definition) is 3. The van der Waals surface area contributed by atoms with Gasteiger partial charge in [-0.3, -0.25) is 9.59 Å². The molecular weight excluding hydrogens is 381 g/mol. The minimum Gasteiger partial charge on any atom is -0.349 e. The summed E-state index contributed by atoms with van der Waals surface area (Å²) in [6, 6.07) is 14.3. The van der Waals surface area contributed by atoms with E-state index in [1.807, 2.05) is 12.1 Å². The van der Waals surface area contributed by atoms with Gasteiger partial charge in [0.25, 0.3) is 11.8 Å². The lowest BCUT2D eigenvalue weighted by Crippen LogP contribution is -3.13. The molecule has 2 aromatic rings. The van der Waals surface area contributed by atoms with Gasteiger partial charge in [0, 0.05) is 24.4 Å². The molecule has 0 heterocycles. The van der Waals surface area contributed by atoms with Gasteiger partial charge >= 0.3 is 0 Å². The molecule has 2 amide bonds. The molecule has 2 aliphatic rings. The highest BCUT2D eigenvalue weighted by Gasteiger charge is 2.34. The zero-order valence-electron chi connectivity index (χ0n) is 17.1. The summed E-state index contributed by atoms with van der Waals surface area (Å²) in [5.74, 6) is -0.493. The van der Waals surface area contributed by atoms with Gasteiger partial charge in [0.1, 0.15) is 12.4 Å². The summed E-state index contributed by atoms with van der Waals surface area (Å²) in [6.07, 6.45) is 6.54. The molecule has 0 spiro atoms. The monoisotopic (exact) mass is 410 g/mol. The van der Waals surface area contributed by atoms with E-state index in [-0.39, 0.29) is 23.7 Å². The maximum atomic E-state index is 13.2. The topological polar surface area (TPSA) is 62.6 Å². The molecule has 30 heavy (non-hydrogen) atoms. The van der Waals surface area contributed by atoms with Crippen molar-refractivity contribution in [3.05, 3.63) is 65.5 Å². The number of amides is 2. The Morgan fingerprint density at radius 2 is 1.67 bits per heavy atom. The standard InChI is InChI=1S/C24H28FN3O2/c25-18-11-9-17(10-12-18)15-28(20-13-14-20)16-23(29)27-22-8-4-3-7-21(22)24(30)26-19-5-1-2-6-19/h3-4,7-12,19-20H,1-2,5-6,13-16H2,(H,26,30)(H,27,29)/p+1. The third-order valence-corrected chi connectivity index (χ3v) is 6.02. The van der Waals surface area contributed by atoms with Crippen molar-refractivity contribution in [3.8, 4) is 0 Å². The van der Waals surface area contributed by atoms with E-state index in [2.05, 4.69) is 10.6 Å².